The van der Waals surface area contributed by atoms with Gasteiger partial charge in [0.25, 0.3) is 0 Å². The molecule has 2 aliphatic heterocycles. The van der Waals surface area contributed by atoms with Crippen molar-refractivity contribution in [1.29, 1.82) is 0 Å². The van der Waals surface area contributed by atoms with Crippen LogP contribution >= 0.6 is 0 Å². The molecule has 0 aromatic heterocycles. The molecule has 100 valence electrons. The highest BCUT2D eigenvalue weighted by molar-refractivity contribution is 7.89. The molecule has 0 amide bonds. The average Bonchev–Trinajstić information content (AvgIpc) is 2.85. The summed E-state index contributed by atoms with van der Waals surface area (Å²) in [7, 11) is 0.114. The number of hydrogen-bond acceptors (Lipinski definition) is 4. The predicted octanol–water partition coefficient (Wildman–Crippen LogP) is -0.250. The first-order chi connectivity index (χ1) is 8.00. The highest BCUT2D eigenvalue weighted by Crippen LogP contribution is 2.31. The molecule has 17 heavy (non-hydrogen) atoms. The van der Waals surface area contributed by atoms with Crippen LogP contribution in [-0.4, -0.2) is 58.9 Å². The predicted molar refractivity (Wildman–Crippen MR) is 66.2 cm³/mol. The first-order valence-electron chi connectivity index (χ1n) is 6.19. The van der Waals surface area contributed by atoms with E-state index in [0.29, 0.717) is 11.8 Å². The highest BCUT2D eigenvalue weighted by Gasteiger charge is 2.38. The molecule has 0 aromatic carbocycles. The van der Waals surface area contributed by atoms with Crippen LogP contribution in [0.4, 0.5) is 0 Å². The molecular weight excluding hydrogens is 240 g/mol. The quantitative estimate of drug-likeness (QED) is 0.759. The topological polar surface area (TPSA) is 58.6 Å². The third-order valence-corrected chi connectivity index (χ3v) is 5.91. The molecular formula is C11H22N2O3S. The fraction of sp³-hybridized carbons (Fsp3) is 1.00. The van der Waals surface area contributed by atoms with Gasteiger partial charge >= 0.3 is 0 Å². The van der Waals surface area contributed by atoms with Crippen molar-refractivity contribution >= 4 is 10.0 Å². The molecule has 0 spiro atoms. The Morgan fingerprint density at radius 2 is 2.12 bits per heavy atom. The van der Waals surface area contributed by atoms with Crippen molar-refractivity contribution in [2.45, 2.75) is 6.42 Å². The SMILES string of the molecule is CN(C)S(=O)(=O)CC1CNCC1C1CCOC1. The smallest absolute Gasteiger partial charge is 0.213 e. The molecule has 2 aliphatic rings. The minimum Gasteiger partial charge on any atom is -0.381 e. The van der Waals surface area contributed by atoms with Crippen molar-refractivity contribution in [1.82, 2.24) is 9.62 Å². The van der Waals surface area contributed by atoms with Crippen LogP contribution in [0, 0.1) is 17.8 Å². The Kier molecular flexibility index (Phi) is 4.07. The lowest BCUT2D eigenvalue weighted by molar-refractivity contribution is 0.167. The molecule has 6 heteroatoms. The lowest BCUT2D eigenvalue weighted by atomic mass is 9.84. The standard InChI is InChI=1S/C11H22N2O3S/c1-13(2)17(14,15)8-10-5-12-6-11(10)9-3-4-16-7-9/h9-12H,3-8H2,1-2H3. The van der Waals surface area contributed by atoms with Gasteiger partial charge in [-0.25, -0.2) is 12.7 Å². The molecule has 2 fully saturated rings. The Morgan fingerprint density at radius 3 is 2.71 bits per heavy atom. The number of ether oxygens (including phenoxy) is 1. The molecule has 2 heterocycles. The minimum absolute atomic E-state index is 0.231. The molecule has 2 rings (SSSR count). The second-order valence-electron chi connectivity index (χ2n) is 5.27. The normalized spacial score (nSPS) is 34.6. The van der Waals surface area contributed by atoms with Gasteiger partial charge in [0, 0.05) is 27.3 Å². The van der Waals surface area contributed by atoms with E-state index >= 15 is 0 Å². The first-order valence-corrected chi connectivity index (χ1v) is 7.80. The number of rotatable bonds is 4. The summed E-state index contributed by atoms with van der Waals surface area (Å²) < 4.78 is 30.6. The van der Waals surface area contributed by atoms with E-state index in [-0.39, 0.29) is 11.7 Å². The molecule has 5 nitrogen and oxygen atoms in total. The van der Waals surface area contributed by atoms with Gasteiger partial charge < -0.3 is 10.1 Å². The number of nitrogens with zero attached hydrogens (tertiary/aromatic N) is 1. The zero-order valence-corrected chi connectivity index (χ0v) is 11.4. The van der Waals surface area contributed by atoms with Crippen LogP contribution in [0.15, 0.2) is 0 Å². The lowest BCUT2D eigenvalue weighted by Crippen LogP contribution is -2.34. The Hall–Kier alpha value is -0.170. The van der Waals surface area contributed by atoms with E-state index in [1.165, 1.54) is 4.31 Å². The molecule has 0 bridgehead atoms. The Balaban J connectivity index is 2.00. The summed E-state index contributed by atoms with van der Waals surface area (Å²) in [6, 6.07) is 0. The van der Waals surface area contributed by atoms with Crippen molar-refractivity contribution < 1.29 is 13.2 Å². The number of nitrogens with one attached hydrogen (secondary N) is 1. The van der Waals surface area contributed by atoms with Crippen LogP contribution in [0.1, 0.15) is 6.42 Å². The summed E-state index contributed by atoms with van der Waals surface area (Å²) in [4.78, 5) is 0. The summed E-state index contributed by atoms with van der Waals surface area (Å²) in [5.74, 6) is 1.47. The summed E-state index contributed by atoms with van der Waals surface area (Å²) >= 11 is 0. The maximum Gasteiger partial charge on any atom is 0.213 e. The van der Waals surface area contributed by atoms with Crippen molar-refractivity contribution in [3.8, 4) is 0 Å². The Labute approximate surface area is 104 Å². The monoisotopic (exact) mass is 262 g/mol. The van der Waals surface area contributed by atoms with E-state index in [1.807, 2.05) is 0 Å². The van der Waals surface area contributed by atoms with Crippen LogP contribution in [0.2, 0.25) is 0 Å². The maximum atomic E-state index is 11.9. The molecule has 2 saturated heterocycles. The minimum atomic E-state index is -3.09. The fourth-order valence-corrected chi connectivity index (χ4v) is 4.00. The van der Waals surface area contributed by atoms with Crippen molar-refractivity contribution in [3.63, 3.8) is 0 Å². The largest absolute Gasteiger partial charge is 0.381 e. The Morgan fingerprint density at radius 1 is 1.35 bits per heavy atom. The van der Waals surface area contributed by atoms with E-state index in [1.54, 1.807) is 14.1 Å². The van der Waals surface area contributed by atoms with Crippen LogP contribution < -0.4 is 5.32 Å². The fourth-order valence-electron chi connectivity index (χ4n) is 2.80. The van der Waals surface area contributed by atoms with Crippen molar-refractivity contribution in [2.24, 2.45) is 17.8 Å². The van der Waals surface area contributed by atoms with Gasteiger partial charge in [0.2, 0.25) is 10.0 Å². The third-order valence-electron chi connectivity index (χ3n) is 3.94. The third kappa shape index (κ3) is 2.99. The second kappa shape index (κ2) is 5.22. The van der Waals surface area contributed by atoms with E-state index < -0.39 is 10.0 Å². The van der Waals surface area contributed by atoms with Crippen molar-refractivity contribution in [3.05, 3.63) is 0 Å². The summed E-state index contributed by atoms with van der Waals surface area (Å²) in [5.41, 5.74) is 0. The maximum absolute atomic E-state index is 11.9. The average molecular weight is 262 g/mol. The summed E-state index contributed by atoms with van der Waals surface area (Å²) in [6.45, 7) is 3.37. The molecule has 0 aliphatic carbocycles. The molecule has 3 atom stereocenters. The summed E-state index contributed by atoms with van der Waals surface area (Å²) in [6.07, 6.45) is 1.07. The number of sulfonamides is 1. The highest BCUT2D eigenvalue weighted by atomic mass is 32.2. The van der Waals surface area contributed by atoms with Gasteiger partial charge in [0.05, 0.1) is 5.75 Å². The molecule has 0 radical (unpaired) electrons. The summed E-state index contributed by atoms with van der Waals surface area (Å²) in [5, 5.41) is 3.32. The van der Waals surface area contributed by atoms with Crippen molar-refractivity contribution in [2.75, 3.05) is 46.2 Å². The zero-order valence-electron chi connectivity index (χ0n) is 10.6. The van der Waals surface area contributed by atoms with Gasteiger partial charge in [-0.05, 0) is 37.3 Å². The second-order valence-corrected chi connectivity index (χ2v) is 7.49. The van der Waals surface area contributed by atoms with Crippen LogP contribution in [-0.2, 0) is 14.8 Å². The molecule has 1 N–H and O–H groups in total. The van der Waals surface area contributed by atoms with Crippen LogP contribution in [0.5, 0.6) is 0 Å². The van der Waals surface area contributed by atoms with E-state index in [4.69, 9.17) is 4.74 Å². The zero-order chi connectivity index (χ0) is 12.5. The van der Waals surface area contributed by atoms with Gasteiger partial charge in [0.1, 0.15) is 0 Å². The molecule has 3 unspecified atom stereocenters. The van der Waals surface area contributed by atoms with Crippen LogP contribution in [0.3, 0.4) is 0 Å². The number of hydrogen-bond donors (Lipinski definition) is 1. The van der Waals surface area contributed by atoms with E-state index in [2.05, 4.69) is 5.32 Å². The van der Waals surface area contributed by atoms with Gasteiger partial charge in [-0.15, -0.1) is 0 Å². The van der Waals surface area contributed by atoms with Crippen LogP contribution in [0.25, 0.3) is 0 Å². The van der Waals surface area contributed by atoms with Gasteiger partial charge in [0.15, 0.2) is 0 Å². The Bertz CT molecular complexity index is 350. The first kappa shape index (κ1) is 13.3. The van der Waals surface area contributed by atoms with Gasteiger partial charge in [-0.2, -0.15) is 0 Å². The molecule has 0 aromatic rings. The van der Waals surface area contributed by atoms with E-state index in [9.17, 15) is 8.42 Å². The van der Waals surface area contributed by atoms with E-state index in [0.717, 1.165) is 32.7 Å². The molecule has 0 saturated carbocycles. The van der Waals surface area contributed by atoms with Gasteiger partial charge in [-0.3, -0.25) is 0 Å². The lowest BCUT2D eigenvalue weighted by Gasteiger charge is -2.24. The van der Waals surface area contributed by atoms with Gasteiger partial charge in [-0.1, -0.05) is 0 Å².